The quantitative estimate of drug-likeness (QED) is 0.425. The van der Waals surface area contributed by atoms with E-state index in [0.717, 1.165) is 0 Å². The number of nitriles is 1. The number of hydrogen-bond donors (Lipinski definition) is 1. The van der Waals surface area contributed by atoms with Gasteiger partial charge in [0.2, 0.25) is 0 Å². The Labute approximate surface area is 141 Å². The molecule has 0 aliphatic carbocycles. The van der Waals surface area contributed by atoms with Crippen molar-refractivity contribution in [2.24, 2.45) is 0 Å². The second-order valence-corrected chi connectivity index (χ2v) is 5.68. The molecule has 1 aliphatic rings. The highest BCUT2D eigenvalue weighted by Crippen LogP contribution is 2.43. The average molecular weight is 318 g/mol. The first kappa shape index (κ1) is 16.7. The molecule has 1 aliphatic heterocycles. The molecular formula is C20H18N2S. The summed E-state index contributed by atoms with van der Waals surface area (Å²) in [5, 5.41) is 10.7. The molecule has 0 spiro atoms. The molecule has 1 heterocycles. The lowest BCUT2D eigenvalue weighted by molar-refractivity contribution is 1.32. The molecule has 0 atom stereocenters. The number of hydrogen-bond acceptors (Lipinski definition) is 3. The van der Waals surface area contributed by atoms with Gasteiger partial charge in [-0.25, -0.2) is 0 Å². The van der Waals surface area contributed by atoms with Gasteiger partial charge in [-0.1, -0.05) is 72.4 Å². The maximum absolute atomic E-state index is 7.32. The first-order valence-electron chi connectivity index (χ1n) is 7.29. The highest BCUT2D eigenvalue weighted by Gasteiger charge is 2.13. The molecule has 0 fully saturated rings. The molecule has 0 saturated carbocycles. The summed E-state index contributed by atoms with van der Waals surface area (Å²) in [6.45, 7) is 1.43. The van der Waals surface area contributed by atoms with Crippen molar-refractivity contribution in [1.29, 1.82) is 5.26 Å². The first-order chi connectivity index (χ1) is 11.3. The standard InChI is InChI=1S/C12H9NS.C6H6.C2H3N/c1-3-7-11-9(5-1)13-10-6-2-4-8-12(10)14-11;1-2-4-6-5-3-1;1-2-3/h1-8,13H;1-6H;1H3. The highest BCUT2D eigenvalue weighted by molar-refractivity contribution is 7.99. The summed E-state index contributed by atoms with van der Waals surface area (Å²) in [6, 6.07) is 30.5. The predicted octanol–water partition coefficient (Wildman–Crippen LogP) is 6.11. The van der Waals surface area contributed by atoms with Crippen molar-refractivity contribution < 1.29 is 0 Å². The Morgan fingerprint density at radius 1 is 0.696 bits per heavy atom. The predicted molar refractivity (Wildman–Crippen MR) is 98.0 cm³/mol. The van der Waals surface area contributed by atoms with Crippen LogP contribution in [0.4, 0.5) is 11.4 Å². The van der Waals surface area contributed by atoms with E-state index >= 15 is 0 Å². The zero-order valence-electron chi connectivity index (χ0n) is 12.9. The third-order valence-corrected chi connectivity index (χ3v) is 4.08. The van der Waals surface area contributed by atoms with Gasteiger partial charge in [0, 0.05) is 16.7 Å². The molecule has 114 valence electrons. The van der Waals surface area contributed by atoms with Crippen molar-refractivity contribution in [2.75, 3.05) is 5.32 Å². The van der Waals surface area contributed by atoms with Crippen molar-refractivity contribution in [3.63, 3.8) is 0 Å². The van der Waals surface area contributed by atoms with Crippen molar-refractivity contribution in [3.05, 3.63) is 84.9 Å². The summed E-state index contributed by atoms with van der Waals surface area (Å²) in [5.74, 6) is 0. The average Bonchev–Trinajstić information content (AvgIpc) is 2.62. The molecule has 1 N–H and O–H groups in total. The lowest BCUT2D eigenvalue weighted by atomic mass is 10.2. The van der Waals surface area contributed by atoms with Gasteiger partial charge in [-0.05, 0) is 24.3 Å². The van der Waals surface area contributed by atoms with Crippen LogP contribution in [-0.2, 0) is 0 Å². The second-order valence-electron chi connectivity index (χ2n) is 4.60. The third-order valence-electron chi connectivity index (χ3n) is 2.93. The van der Waals surface area contributed by atoms with Crippen LogP contribution in [0.5, 0.6) is 0 Å². The molecule has 2 nitrogen and oxygen atoms in total. The lowest BCUT2D eigenvalue weighted by Crippen LogP contribution is -1.98. The van der Waals surface area contributed by atoms with Crippen LogP contribution in [0.1, 0.15) is 6.92 Å². The third kappa shape index (κ3) is 5.21. The Hall–Kier alpha value is -2.70. The number of benzene rings is 3. The topological polar surface area (TPSA) is 35.8 Å². The van der Waals surface area contributed by atoms with Gasteiger partial charge < -0.3 is 5.32 Å². The number of para-hydroxylation sites is 2. The molecule has 0 amide bonds. The summed E-state index contributed by atoms with van der Waals surface area (Å²) in [6.07, 6.45) is 0. The van der Waals surface area contributed by atoms with Gasteiger partial charge in [0.05, 0.1) is 17.4 Å². The largest absolute Gasteiger partial charge is 0.354 e. The van der Waals surface area contributed by atoms with Crippen LogP contribution in [-0.4, -0.2) is 0 Å². The fraction of sp³-hybridized carbons (Fsp3) is 0.0500. The fourth-order valence-electron chi connectivity index (χ4n) is 1.97. The molecule has 0 unspecified atom stereocenters. The van der Waals surface area contributed by atoms with Crippen LogP contribution >= 0.6 is 11.8 Å². The summed E-state index contributed by atoms with van der Waals surface area (Å²) in [4.78, 5) is 2.59. The van der Waals surface area contributed by atoms with E-state index in [1.54, 1.807) is 6.07 Å². The Balaban J connectivity index is 0.000000178. The van der Waals surface area contributed by atoms with Crippen LogP contribution in [0.2, 0.25) is 0 Å². The minimum atomic E-state index is 1.20. The van der Waals surface area contributed by atoms with Crippen LogP contribution in [0.15, 0.2) is 94.7 Å². The summed E-state index contributed by atoms with van der Waals surface area (Å²) in [7, 11) is 0. The zero-order valence-corrected chi connectivity index (χ0v) is 13.8. The molecule has 4 rings (SSSR count). The van der Waals surface area contributed by atoms with E-state index in [0.29, 0.717) is 0 Å². The van der Waals surface area contributed by atoms with E-state index in [4.69, 9.17) is 5.26 Å². The molecule has 3 heteroatoms. The Morgan fingerprint density at radius 2 is 1.04 bits per heavy atom. The monoisotopic (exact) mass is 318 g/mol. The number of nitrogens with zero attached hydrogens (tertiary/aromatic N) is 1. The summed E-state index contributed by atoms with van der Waals surface area (Å²) in [5.41, 5.74) is 2.41. The van der Waals surface area contributed by atoms with Crippen molar-refractivity contribution in [2.45, 2.75) is 16.7 Å². The normalized spacial score (nSPS) is 10.1. The van der Waals surface area contributed by atoms with Gasteiger partial charge in [0.15, 0.2) is 0 Å². The van der Waals surface area contributed by atoms with E-state index < -0.39 is 0 Å². The van der Waals surface area contributed by atoms with Gasteiger partial charge in [-0.3, -0.25) is 0 Å². The van der Waals surface area contributed by atoms with Gasteiger partial charge in [-0.15, -0.1) is 0 Å². The summed E-state index contributed by atoms with van der Waals surface area (Å²) >= 11 is 1.82. The Bertz CT molecular complexity index is 650. The SMILES string of the molecule is CC#N.c1ccc2c(c1)Nc1ccccc1S2.c1ccccc1. The molecule has 0 aromatic heterocycles. The molecule has 3 aromatic carbocycles. The maximum Gasteiger partial charge on any atom is 0.0587 e. The van der Waals surface area contributed by atoms with Crippen LogP contribution in [0, 0.1) is 11.3 Å². The van der Waals surface area contributed by atoms with Crippen LogP contribution in [0.25, 0.3) is 0 Å². The molecule has 3 aromatic rings. The van der Waals surface area contributed by atoms with Crippen molar-refractivity contribution in [1.82, 2.24) is 0 Å². The number of anilines is 2. The van der Waals surface area contributed by atoms with E-state index in [1.807, 2.05) is 48.2 Å². The fourth-order valence-corrected chi connectivity index (χ4v) is 2.95. The summed E-state index contributed by atoms with van der Waals surface area (Å²) < 4.78 is 0. The van der Waals surface area contributed by atoms with Gasteiger partial charge >= 0.3 is 0 Å². The van der Waals surface area contributed by atoms with E-state index in [2.05, 4.69) is 53.8 Å². The van der Waals surface area contributed by atoms with Gasteiger partial charge in [-0.2, -0.15) is 5.26 Å². The van der Waals surface area contributed by atoms with Gasteiger partial charge in [0.25, 0.3) is 0 Å². The number of nitrogens with one attached hydrogen (secondary N) is 1. The zero-order chi connectivity index (χ0) is 16.3. The van der Waals surface area contributed by atoms with Crippen molar-refractivity contribution >= 4 is 23.1 Å². The van der Waals surface area contributed by atoms with Crippen molar-refractivity contribution in [3.8, 4) is 6.07 Å². The minimum Gasteiger partial charge on any atom is -0.354 e. The van der Waals surface area contributed by atoms with Crippen LogP contribution < -0.4 is 5.32 Å². The van der Waals surface area contributed by atoms with Crippen LogP contribution in [0.3, 0.4) is 0 Å². The molecule has 0 bridgehead atoms. The van der Waals surface area contributed by atoms with E-state index in [-0.39, 0.29) is 0 Å². The lowest BCUT2D eigenvalue weighted by Gasteiger charge is -2.19. The smallest absolute Gasteiger partial charge is 0.0587 e. The van der Waals surface area contributed by atoms with Gasteiger partial charge in [0.1, 0.15) is 0 Å². The number of rotatable bonds is 0. The molecule has 0 saturated heterocycles. The second kappa shape index (κ2) is 9.34. The Kier molecular flexibility index (Phi) is 6.77. The number of fused-ring (bicyclic) bond motifs is 2. The Morgan fingerprint density at radius 3 is 1.43 bits per heavy atom. The highest BCUT2D eigenvalue weighted by atomic mass is 32.2. The minimum absolute atomic E-state index is 1.20. The van der Waals surface area contributed by atoms with E-state index in [1.165, 1.54) is 28.1 Å². The molecule has 0 radical (unpaired) electrons. The first-order valence-corrected chi connectivity index (χ1v) is 8.10. The maximum atomic E-state index is 7.32. The molecule has 23 heavy (non-hydrogen) atoms. The van der Waals surface area contributed by atoms with E-state index in [9.17, 15) is 0 Å². The molecular weight excluding hydrogens is 300 g/mol.